The van der Waals surface area contributed by atoms with Crippen molar-refractivity contribution in [3.05, 3.63) is 98.8 Å². The van der Waals surface area contributed by atoms with Crippen LogP contribution in [0.1, 0.15) is 22.1 Å². The van der Waals surface area contributed by atoms with Crippen LogP contribution in [0.4, 0.5) is 5.69 Å². The first-order valence-corrected chi connectivity index (χ1v) is 13.3. The number of hydrogen-bond acceptors (Lipinski definition) is 11. The lowest BCUT2D eigenvalue weighted by Gasteiger charge is -2.26. The smallest absolute Gasteiger partial charge is 0.330 e. The van der Waals surface area contributed by atoms with Crippen LogP contribution in [0, 0.1) is 11.8 Å². The SMILES string of the molecule is NC[C@H]1O[C@@H](O[C@@H](C#Cc2ccc(NC(=O)c3ccccc3)cc2)[C@H]2O[C@@H](n3ccc(=O)[nH]c3=O)[C@H](O)[C@@H]2O)[C@H](O)[C@@H]1O. The van der Waals surface area contributed by atoms with Gasteiger partial charge in [0, 0.05) is 35.6 Å². The normalized spacial score (nSPS) is 29.0. The van der Waals surface area contributed by atoms with Crippen LogP contribution < -0.4 is 22.3 Å². The fourth-order valence-electron chi connectivity index (χ4n) is 4.74. The first-order valence-electron chi connectivity index (χ1n) is 13.3. The highest BCUT2D eigenvalue weighted by Crippen LogP contribution is 2.33. The Morgan fingerprint density at radius 3 is 2.35 bits per heavy atom. The predicted molar refractivity (Wildman–Crippen MR) is 150 cm³/mol. The summed E-state index contributed by atoms with van der Waals surface area (Å²) in [5.41, 5.74) is 5.54. The van der Waals surface area contributed by atoms with E-state index < -0.39 is 66.5 Å². The van der Waals surface area contributed by atoms with Crippen LogP contribution in [-0.4, -0.2) is 91.4 Å². The van der Waals surface area contributed by atoms with Gasteiger partial charge < -0.3 is 45.7 Å². The third-order valence-corrected chi connectivity index (χ3v) is 7.07. The molecule has 14 nitrogen and oxygen atoms in total. The van der Waals surface area contributed by atoms with Crippen LogP contribution in [0.25, 0.3) is 0 Å². The zero-order valence-corrected chi connectivity index (χ0v) is 22.5. The van der Waals surface area contributed by atoms with Crippen LogP contribution in [-0.2, 0) is 14.2 Å². The van der Waals surface area contributed by atoms with E-state index in [1.165, 1.54) is 0 Å². The Morgan fingerprint density at radius 1 is 0.977 bits per heavy atom. The third kappa shape index (κ3) is 6.59. The summed E-state index contributed by atoms with van der Waals surface area (Å²) in [7, 11) is 0. The molecule has 3 heterocycles. The monoisotopic (exact) mass is 594 g/mol. The lowest BCUT2D eigenvalue weighted by molar-refractivity contribution is -0.205. The molecular formula is C29H30N4O10. The van der Waals surface area contributed by atoms with Gasteiger partial charge in [-0.1, -0.05) is 30.0 Å². The molecule has 1 aromatic heterocycles. The molecular weight excluding hydrogens is 564 g/mol. The standard InChI is InChI=1S/C29H30N4O10/c30-14-19-21(35)24(38)28(42-19)41-18(25-22(36)23(37)27(43-25)33-13-12-20(34)32-29(33)40)11-8-15-6-9-17(10-7-15)31-26(39)16-4-2-1-3-5-16/h1-7,9-10,12-13,18-19,21-25,27-28,35-38H,14,30H2,(H,31,39)(H,32,34,40)/t18-,19+,21+,22-,23+,24+,25+,27+,28+/m0/s1. The van der Waals surface area contributed by atoms with Crippen LogP contribution in [0.5, 0.6) is 0 Å². The summed E-state index contributed by atoms with van der Waals surface area (Å²) >= 11 is 0. The van der Waals surface area contributed by atoms with E-state index in [2.05, 4.69) is 17.2 Å². The maximum atomic E-state index is 12.4. The van der Waals surface area contributed by atoms with Crippen molar-refractivity contribution < 1.29 is 39.4 Å². The molecule has 5 rings (SSSR count). The number of nitrogens with two attached hydrogens (primary N) is 1. The lowest BCUT2D eigenvalue weighted by Crippen LogP contribution is -2.43. The Kier molecular flexibility index (Phi) is 9.16. The maximum Gasteiger partial charge on any atom is 0.330 e. The molecule has 3 aromatic rings. The topological polar surface area (TPSA) is 219 Å². The van der Waals surface area contributed by atoms with E-state index in [9.17, 15) is 34.8 Å². The molecule has 43 heavy (non-hydrogen) atoms. The van der Waals surface area contributed by atoms with Gasteiger partial charge in [0.2, 0.25) is 0 Å². The number of amides is 1. The molecule has 0 radical (unpaired) electrons. The number of carbonyl (C=O) groups is 1. The summed E-state index contributed by atoms with van der Waals surface area (Å²) in [6.45, 7) is -0.111. The molecule has 2 aliphatic heterocycles. The third-order valence-electron chi connectivity index (χ3n) is 7.07. The van der Waals surface area contributed by atoms with Crippen LogP contribution in [0.15, 0.2) is 76.4 Å². The average molecular weight is 595 g/mol. The second-order valence-corrected chi connectivity index (χ2v) is 9.97. The molecule has 0 aliphatic carbocycles. The van der Waals surface area contributed by atoms with Gasteiger partial charge in [0.25, 0.3) is 11.5 Å². The molecule has 14 heteroatoms. The Balaban J connectivity index is 1.38. The van der Waals surface area contributed by atoms with Gasteiger partial charge in [0.15, 0.2) is 18.6 Å². The number of carbonyl (C=O) groups excluding carboxylic acids is 1. The number of aromatic amines is 1. The highest BCUT2D eigenvalue weighted by atomic mass is 16.7. The molecule has 0 spiro atoms. The fourth-order valence-corrected chi connectivity index (χ4v) is 4.74. The number of benzene rings is 2. The largest absolute Gasteiger partial charge is 0.387 e. The Hall–Kier alpha value is -4.17. The summed E-state index contributed by atoms with van der Waals surface area (Å²) in [5, 5.41) is 45.1. The summed E-state index contributed by atoms with van der Waals surface area (Å²) < 4.78 is 18.1. The van der Waals surface area contributed by atoms with E-state index >= 15 is 0 Å². The molecule has 2 aromatic carbocycles. The zero-order chi connectivity index (χ0) is 30.7. The molecule has 226 valence electrons. The molecule has 1 amide bonds. The van der Waals surface area contributed by atoms with Crippen molar-refractivity contribution in [3.63, 3.8) is 0 Å². The molecule has 9 atom stereocenters. The number of hydrogen-bond donors (Lipinski definition) is 7. The minimum atomic E-state index is -1.63. The second kappa shape index (κ2) is 13.0. The van der Waals surface area contributed by atoms with E-state index in [1.54, 1.807) is 54.6 Å². The van der Waals surface area contributed by atoms with E-state index in [0.717, 1.165) is 16.8 Å². The van der Waals surface area contributed by atoms with E-state index in [0.29, 0.717) is 16.8 Å². The van der Waals surface area contributed by atoms with E-state index in [-0.39, 0.29) is 12.5 Å². The molecule has 0 unspecified atom stereocenters. The van der Waals surface area contributed by atoms with E-state index in [1.807, 2.05) is 4.98 Å². The number of H-pyrrole nitrogens is 1. The van der Waals surface area contributed by atoms with Crippen molar-refractivity contribution in [1.82, 2.24) is 9.55 Å². The zero-order valence-electron chi connectivity index (χ0n) is 22.5. The Morgan fingerprint density at radius 2 is 1.70 bits per heavy atom. The van der Waals surface area contributed by atoms with Crippen molar-refractivity contribution in [2.75, 3.05) is 11.9 Å². The molecule has 8 N–H and O–H groups in total. The number of anilines is 1. The summed E-state index contributed by atoms with van der Waals surface area (Å²) in [4.78, 5) is 38.3. The van der Waals surface area contributed by atoms with Gasteiger partial charge in [-0.15, -0.1) is 0 Å². The Bertz CT molecular complexity index is 1600. The lowest BCUT2D eigenvalue weighted by atomic mass is 10.0. The molecule has 0 saturated carbocycles. The highest BCUT2D eigenvalue weighted by Gasteiger charge is 2.50. The number of ether oxygens (including phenoxy) is 3. The van der Waals surface area contributed by atoms with Gasteiger partial charge >= 0.3 is 5.69 Å². The van der Waals surface area contributed by atoms with Gasteiger partial charge in [0.1, 0.15) is 36.6 Å². The predicted octanol–water partition coefficient (Wildman–Crippen LogP) is -1.75. The number of rotatable bonds is 7. The van der Waals surface area contributed by atoms with Gasteiger partial charge in [-0.05, 0) is 36.4 Å². The fraction of sp³-hybridized carbons (Fsp3) is 0.345. The minimum Gasteiger partial charge on any atom is -0.387 e. The summed E-state index contributed by atoms with van der Waals surface area (Å²) in [6.07, 6.45) is -11.5. The minimum absolute atomic E-state index is 0.111. The van der Waals surface area contributed by atoms with Gasteiger partial charge in [-0.2, -0.15) is 0 Å². The number of aliphatic hydroxyl groups excluding tert-OH is 4. The molecule has 0 bridgehead atoms. The molecule has 2 aliphatic rings. The number of nitrogens with zero attached hydrogens (tertiary/aromatic N) is 1. The van der Waals surface area contributed by atoms with E-state index in [4.69, 9.17) is 19.9 Å². The Labute approximate surface area is 244 Å². The van der Waals surface area contributed by atoms with Crippen molar-refractivity contribution in [3.8, 4) is 11.8 Å². The van der Waals surface area contributed by atoms with Crippen molar-refractivity contribution in [1.29, 1.82) is 0 Å². The first-order chi connectivity index (χ1) is 20.7. The van der Waals surface area contributed by atoms with Gasteiger partial charge in [-0.25, -0.2) is 4.79 Å². The highest BCUT2D eigenvalue weighted by molar-refractivity contribution is 6.04. The van der Waals surface area contributed by atoms with Crippen molar-refractivity contribution in [2.45, 2.75) is 55.2 Å². The maximum absolute atomic E-state index is 12.4. The number of aliphatic hydroxyl groups is 4. The van der Waals surface area contributed by atoms with Crippen LogP contribution >= 0.6 is 0 Å². The van der Waals surface area contributed by atoms with Crippen molar-refractivity contribution >= 4 is 11.6 Å². The average Bonchev–Trinajstić information content (AvgIpc) is 3.45. The summed E-state index contributed by atoms with van der Waals surface area (Å²) in [5.74, 6) is 5.38. The van der Waals surface area contributed by atoms with Crippen LogP contribution in [0.2, 0.25) is 0 Å². The van der Waals surface area contributed by atoms with Gasteiger partial charge in [0.05, 0.1) is 0 Å². The quantitative estimate of drug-likeness (QED) is 0.152. The van der Waals surface area contributed by atoms with Crippen molar-refractivity contribution in [2.24, 2.45) is 5.73 Å². The molecule has 2 fully saturated rings. The number of aromatic nitrogens is 2. The summed E-state index contributed by atoms with van der Waals surface area (Å²) in [6, 6.07) is 16.3. The first kappa shape index (κ1) is 30.3. The second-order valence-electron chi connectivity index (χ2n) is 9.97. The molecule has 2 saturated heterocycles. The number of nitrogens with one attached hydrogen (secondary N) is 2. The van der Waals surface area contributed by atoms with Gasteiger partial charge in [-0.3, -0.25) is 19.1 Å². The van der Waals surface area contributed by atoms with Crippen LogP contribution in [0.3, 0.4) is 0 Å².